The van der Waals surface area contributed by atoms with E-state index in [0.29, 0.717) is 14.7 Å². The molecule has 3 amide bonds. The van der Waals surface area contributed by atoms with E-state index in [2.05, 4.69) is 16.0 Å². The van der Waals surface area contributed by atoms with Crippen LogP contribution in [0.15, 0.2) is 106 Å². The second-order valence-corrected chi connectivity index (χ2v) is 28.1. The lowest BCUT2D eigenvalue weighted by Crippen LogP contribution is -2.64. The predicted octanol–water partition coefficient (Wildman–Crippen LogP) is -7.41. The van der Waals surface area contributed by atoms with Gasteiger partial charge >= 0.3 is 0 Å². The van der Waals surface area contributed by atoms with Crippen molar-refractivity contribution in [1.29, 1.82) is 0 Å². The van der Waals surface area contributed by atoms with Gasteiger partial charge in [0.2, 0.25) is 0 Å². The zero-order valence-electron chi connectivity index (χ0n) is 53.2. The van der Waals surface area contributed by atoms with Crippen molar-refractivity contribution in [1.82, 2.24) is 0 Å². The number of nitrogens with one attached hydrogen (secondary N) is 3. The van der Waals surface area contributed by atoms with Crippen LogP contribution in [-0.2, 0) is 42.6 Å². The van der Waals surface area contributed by atoms with E-state index in [9.17, 15) is 122 Å². The fourth-order valence-electron chi connectivity index (χ4n) is 11.8. The molecule has 36 nitrogen and oxygen atoms in total. The predicted molar refractivity (Wildman–Crippen MR) is 346 cm³/mol. The summed E-state index contributed by atoms with van der Waals surface area (Å²) in [4.78, 5) is 43.9. The van der Waals surface area contributed by atoms with Gasteiger partial charge in [-0.05, 0) is 91.0 Å². The molecule has 6 saturated heterocycles. The standard InChI is InChI=1S/C63H81N3O33S3/c67-16-31-37(73)40(76)46(82)58(91-31)97-52-34(19-70)94-61(49(85)43(52)79)100-28-7-1-25(2-8-28)64-55(88)22-13-23(56(89)65-26-3-9-29(10-4-26)101-62-50(86)44(80)53(35(20-71)95-62)98-59-47(83)41(77)38(74)32(17-68)92-59)15-24(14-22)57(90)66-27-5-11-30(12-6-27)102-63-51(87)45(81)54(36(21-72)96-63)99-60-48(84)42(78)39(75)33(18-69)93-60/h1-15,31-54,58-63,67-87H,16-21H2,(H,64,88)(H,65,89)(H,66,90)/t31-,32-,33-,34-,35-,36-,37-,38-,39-,40+,41+,42+,43-,44-,45-,46-,47-,48-,49-,50-,51-,52-,53-,54-,58-,59-,60-,61+,62+,63+/m1/s1. The number of anilines is 3. The van der Waals surface area contributed by atoms with Gasteiger partial charge < -0.3 is 166 Å². The molecule has 0 bridgehead atoms. The summed E-state index contributed by atoms with van der Waals surface area (Å²) in [6, 6.07) is 21.4. The van der Waals surface area contributed by atoms with Gasteiger partial charge in [-0.25, -0.2) is 0 Å². The number of hydrogen-bond acceptors (Lipinski definition) is 36. The highest BCUT2D eigenvalue weighted by atomic mass is 32.2. The smallest absolute Gasteiger partial charge is 0.255 e. The van der Waals surface area contributed by atoms with Crippen molar-refractivity contribution in [3.8, 4) is 0 Å². The molecule has 6 heterocycles. The number of thioether (sulfide) groups is 3. The van der Waals surface area contributed by atoms with Crippen molar-refractivity contribution in [2.75, 3.05) is 55.6 Å². The Kier molecular flexibility index (Phi) is 27.5. The van der Waals surface area contributed by atoms with Crippen LogP contribution in [0.25, 0.3) is 0 Å². The maximum Gasteiger partial charge on any atom is 0.255 e. The summed E-state index contributed by atoms with van der Waals surface area (Å²) in [5.74, 6) is -2.48. The minimum atomic E-state index is -1.87. The van der Waals surface area contributed by atoms with Crippen molar-refractivity contribution in [2.24, 2.45) is 0 Å². The quantitative estimate of drug-likeness (QED) is 0.0310. The van der Waals surface area contributed by atoms with Gasteiger partial charge in [-0.1, -0.05) is 35.3 Å². The minimum absolute atomic E-state index is 0.176. The summed E-state index contributed by atoms with van der Waals surface area (Å²) >= 11 is 2.69. The van der Waals surface area contributed by atoms with E-state index in [4.69, 9.17) is 42.6 Å². The highest BCUT2D eigenvalue weighted by Crippen LogP contribution is 2.41. The Morgan fingerprint density at radius 2 is 0.520 bits per heavy atom. The summed E-state index contributed by atoms with van der Waals surface area (Å²) in [5.41, 5.74) is -3.88. The number of carbonyl (C=O) groups excluding carboxylic acids is 3. The molecular weight excluding hydrogens is 1420 g/mol. The SMILES string of the molecule is O=C(Nc1ccc(S[C@@H]2O[C@H](CO)[C@@H](O[C@H]3O[C@H](CO)[C@@H](O)[C@H](O)[C@H]3O)[C@H](O)[C@H]2O)cc1)c1cc(C(=O)Nc2ccc(S[C@@H]3O[C@H](CO)[C@@H](O[C@H]4O[C@H](CO)[C@@H](O)[C@H](O)[C@H]4O)[C@H](O)[C@H]3O)cc2)cc(C(=O)Nc2ccc(S[C@@H]3O[C@H](CO)[C@@H](O[C@H]4O[C@H](CO)[C@@H](O)[C@H](O)[C@H]4O)[C@H](O)[C@H]3O)cc2)c1. The van der Waals surface area contributed by atoms with E-state index in [1.54, 1.807) is 0 Å². The zero-order valence-corrected chi connectivity index (χ0v) is 55.7. The first-order chi connectivity index (χ1) is 48.7. The van der Waals surface area contributed by atoms with Crippen LogP contribution in [0, 0.1) is 0 Å². The molecule has 10 rings (SSSR count). The molecule has 4 aromatic carbocycles. The Hall–Kier alpha value is -4.86. The topological polar surface area (TPSA) is 595 Å². The van der Waals surface area contributed by atoms with Crippen LogP contribution < -0.4 is 16.0 Å². The summed E-state index contributed by atoms with van der Waals surface area (Å²) in [6.45, 7) is -4.67. The van der Waals surface area contributed by atoms with Crippen LogP contribution in [0.4, 0.5) is 17.1 Å². The van der Waals surface area contributed by atoms with Gasteiger partial charge in [-0.15, -0.1) is 0 Å². The lowest BCUT2D eigenvalue weighted by atomic mass is 9.97. The molecule has 0 aromatic heterocycles. The number of ether oxygens (including phenoxy) is 9. The molecule has 6 fully saturated rings. The maximum absolute atomic E-state index is 14.2. The molecular formula is C63H81N3O33S3. The first kappa shape index (κ1) is 79.7. The number of hydrogen-bond donors (Lipinski definition) is 24. The fourth-order valence-corrected chi connectivity index (χ4v) is 15.0. The van der Waals surface area contributed by atoms with Crippen LogP contribution in [0.3, 0.4) is 0 Å². The normalized spacial score (nSPS) is 38.8. The van der Waals surface area contributed by atoms with Gasteiger partial charge in [-0.3, -0.25) is 14.4 Å². The van der Waals surface area contributed by atoms with E-state index in [-0.39, 0.29) is 33.8 Å². The molecule has 24 N–H and O–H groups in total. The molecule has 39 heteroatoms. The number of benzene rings is 4. The second kappa shape index (κ2) is 35.2. The Bertz CT molecular complexity index is 3030. The Morgan fingerprint density at radius 1 is 0.294 bits per heavy atom. The maximum atomic E-state index is 14.2. The van der Waals surface area contributed by atoms with E-state index in [1.807, 2.05) is 0 Å². The third kappa shape index (κ3) is 17.9. The monoisotopic (exact) mass is 1500 g/mol. The Morgan fingerprint density at radius 3 is 0.735 bits per heavy atom. The largest absolute Gasteiger partial charge is 0.394 e. The van der Waals surface area contributed by atoms with E-state index >= 15 is 0 Å². The van der Waals surface area contributed by atoms with Crippen LogP contribution >= 0.6 is 35.3 Å². The van der Waals surface area contributed by atoms with E-state index < -0.39 is 239 Å². The third-order valence-corrected chi connectivity index (χ3v) is 21.2. The number of amides is 3. The molecule has 6 aliphatic heterocycles. The van der Waals surface area contributed by atoms with Crippen molar-refractivity contribution < 1.29 is 164 Å². The fraction of sp³-hybridized carbons (Fsp3) is 0.571. The van der Waals surface area contributed by atoms with E-state index in [0.717, 1.165) is 35.3 Å². The highest BCUT2D eigenvalue weighted by molar-refractivity contribution is 8.00. The number of aliphatic hydroxyl groups is 21. The molecule has 102 heavy (non-hydrogen) atoms. The molecule has 0 unspecified atom stereocenters. The van der Waals surface area contributed by atoms with Crippen molar-refractivity contribution in [3.63, 3.8) is 0 Å². The van der Waals surface area contributed by atoms with Crippen LogP contribution in [-0.4, -0.2) is 346 Å². The Labute approximate surface area is 591 Å². The van der Waals surface area contributed by atoms with Gasteiger partial charge in [0, 0.05) is 48.4 Å². The van der Waals surface area contributed by atoms with Gasteiger partial charge in [0.05, 0.1) is 39.6 Å². The van der Waals surface area contributed by atoms with Crippen molar-refractivity contribution in [2.45, 2.75) is 196 Å². The summed E-state index contributed by atoms with van der Waals surface area (Å²) in [7, 11) is 0. The van der Waals surface area contributed by atoms with Gasteiger partial charge in [-0.2, -0.15) is 0 Å². The lowest BCUT2D eigenvalue weighted by Gasteiger charge is -2.46. The van der Waals surface area contributed by atoms with Gasteiger partial charge in [0.1, 0.15) is 163 Å². The third-order valence-electron chi connectivity index (χ3n) is 17.7. The molecule has 6 aliphatic rings. The average molecular weight is 1500 g/mol. The molecule has 0 saturated carbocycles. The molecule has 0 radical (unpaired) electrons. The molecule has 4 aromatic rings. The summed E-state index contributed by atoms with van der Waals surface area (Å²) in [6.07, 6.45) is -44.8. The van der Waals surface area contributed by atoms with Crippen LogP contribution in [0.1, 0.15) is 31.1 Å². The summed E-state index contributed by atoms with van der Waals surface area (Å²) < 4.78 is 50.8. The summed E-state index contributed by atoms with van der Waals surface area (Å²) in [5, 5.41) is 228. The van der Waals surface area contributed by atoms with Crippen molar-refractivity contribution >= 4 is 70.1 Å². The lowest BCUT2D eigenvalue weighted by molar-refractivity contribution is -0.338. The van der Waals surface area contributed by atoms with Gasteiger partial charge in [0.25, 0.3) is 17.7 Å². The van der Waals surface area contributed by atoms with Crippen LogP contribution in [0.5, 0.6) is 0 Å². The second-order valence-electron chi connectivity index (χ2n) is 24.6. The number of aliphatic hydroxyl groups excluding tert-OH is 21. The molecule has 0 spiro atoms. The molecule has 30 atom stereocenters. The molecule has 564 valence electrons. The first-order valence-electron chi connectivity index (χ1n) is 31.8. The van der Waals surface area contributed by atoms with Crippen molar-refractivity contribution in [3.05, 3.63) is 108 Å². The Balaban J connectivity index is 0.814. The average Bonchev–Trinajstić information content (AvgIpc) is 0.797. The molecule has 0 aliphatic carbocycles. The number of carbonyl (C=O) groups is 3. The van der Waals surface area contributed by atoms with Crippen LogP contribution in [0.2, 0.25) is 0 Å². The minimum Gasteiger partial charge on any atom is -0.394 e. The van der Waals surface area contributed by atoms with E-state index in [1.165, 1.54) is 91.0 Å². The number of rotatable bonds is 24. The van der Waals surface area contributed by atoms with Gasteiger partial charge in [0.15, 0.2) is 18.9 Å². The zero-order chi connectivity index (χ0) is 73.7. The first-order valence-corrected chi connectivity index (χ1v) is 34.5. The highest BCUT2D eigenvalue weighted by Gasteiger charge is 2.54.